The predicted molar refractivity (Wildman–Crippen MR) is 114 cm³/mol. The van der Waals surface area contributed by atoms with Gasteiger partial charge in [0, 0.05) is 6.04 Å². The number of hydrogen-bond donors (Lipinski definition) is 1. The summed E-state index contributed by atoms with van der Waals surface area (Å²) in [5.41, 5.74) is 0.249. The van der Waals surface area contributed by atoms with Gasteiger partial charge in [-0.1, -0.05) is 30.6 Å². The molecule has 1 heterocycles. The summed E-state index contributed by atoms with van der Waals surface area (Å²) in [6.07, 6.45) is 8.70. The van der Waals surface area contributed by atoms with Crippen molar-refractivity contribution >= 4 is 27.5 Å². The third kappa shape index (κ3) is 2.85. The van der Waals surface area contributed by atoms with Crippen LogP contribution < -0.4 is 10.9 Å². The lowest BCUT2D eigenvalue weighted by molar-refractivity contribution is -0.129. The molecule has 4 fully saturated rings. The molecular weight excluding hydrogens is 368 g/mol. The lowest BCUT2D eigenvalue weighted by Crippen LogP contribution is -2.56. The minimum atomic E-state index is -0.415. The van der Waals surface area contributed by atoms with Crippen LogP contribution in [0.5, 0.6) is 0 Å². The molecule has 4 nitrogen and oxygen atoms in total. The van der Waals surface area contributed by atoms with E-state index in [2.05, 4.69) is 12.2 Å². The van der Waals surface area contributed by atoms with Crippen molar-refractivity contribution in [3.8, 4) is 0 Å². The van der Waals surface area contributed by atoms with E-state index >= 15 is 0 Å². The van der Waals surface area contributed by atoms with Crippen LogP contribution in [0.4, 0.5) is 0 Å². The van der Waals surface area contributed by atoms with Gasteiger partial charge in [0.05, 0.1) is 10.1 Å². The van der Waals surface area contributed by atoms with E-state index in [1.165, 1.54) is 50.1 Å². The fourth-order valence-electron chi connectivity index (χ4n) is 6.82. The molecule has 0 spiro atoms. The van der Waals surface area contributed by atoms with Crippen molar-refractivity contribution in [2.24, 2.45) is 23.2 Å². The molecule has 5 heteroatoms. The van der Waals surface area contributed by atoms with Gasteiger partial charge in [-0.2, -0.15) is 0 Å². The van der Waals surface area contributed by atoms with Crippen molar-refractivity contribution in [1.82, 2.24) is 9.27 Å². The zero-order valence-electron chi connectivity index (χ0n) is 16.8. The quantitative estimate of drug-likeness (QED) is 0.791. The highest BCUT2D eigenvalue weighted by Crippen LogP contribution is 2.61. The second-order valence-corrected chi connectivity index (χ2v) is 10.7. The zero-order valence-corrected chi connectivity index (χ0v) is 17.6. The van der Waals surface area contributed by atoms with Crippen molar-refractivity contribution in [2.75, 3.05) is 0 Å². The molecule has 2 atom stereocenters. The summed E-state index contributed by atoms with van der Waals surface area (Å²) in [4.78, 5) is 26.1. The number of amides is 1. The van der Waals surface area contributed by atoms with E-state index in [0.717, 1.165) is 22.5 Å². The molecule has 4 bridgehead atoms. The van der Waals surface area contributed by atoms with Crippen molar-refractivity contribution < 1.29 is 4.79 Å². The van der Waals surface area contributed by atoms with E-state index in [-0.39, 0.29) is 22.9 Å². The Bertz CT molecular complexity index is 924. The first kappa shape index (κ1) is 18.4. The Morgan fingerprint density at radius 3 is 2.36 bits per heavy atom. The average molecular weight is 399 g/mol. The summed E-state index contributed by atoms with van der Waals surface area (Å²) in [5, 5.41) is 4.08. The molecule has 1 aromatic heterocycles. The lowest BCUT2D eigenvalue weighted by Gasteiger charge is -2.59. The second kappa shape index (κ2) is 6.72. The summed E-state index contributed by atoms with van der Waals surface area (Å²) in [6, 6.07) is 7.41. The fraction of sp³-hybridized carbons (Fsp3) is 0.652. The summed E-state index contributed by atoms with van der Waals surface area (Å²) in [7, 11) is 0. The Balaban J connectivity index is 1.38. The molecule has 150 valence electrons. The van der Waals surface area contributed by atoms with Crippen molar-refractivity contribution in [2.45, 2.75) is 70.9 Å². The number of carbonyl (C=O) groups excluding carboxylic acids is 1. The smallest absolute Gasteiger partial charge is 0.269 e. The summed E-state index contributed by atoms with van der Waals surface area (Å²) in [5.74, 6) is 2.63. The number of aromatic nitrogens is 1. The van der Waals surface area contributed by atoms with Gasteiger partial charge in [-0.15, -0.1) is 0 Å². The minimum absolute atomic E-state index is 0.0133. The van der Waals surface area contributed by atoms with E-state index in [4.69, 9.17) is 0 Å². The van der Waals surface area contributed by atoms with Crippen LogP contribution in [0.2, 0.25) is 0 Å². The van der Waals surface area contributed by atoms with Gasteiger partial charge in [-0.25, -0.2) is 0 Å². The van der Waals surface area contributed by atoms with Crippen LogP contribution in [0, 0.1) is 23.2 Å². The van der Waals surface area contributed by atoms with Gasteiger partial charge in [0.2, 0.25) is 5.91 Å². The second-order valence-electron chi connectivity index (χ2n) is 9.65. The van der Waals surface area contributed by atoms with Crippen LogP contribution in [0.1, 0.15) is 64.8 Å². The third-order valence-electron chi connectivity index (χ3n) is 7.85. The molecule has 1 aromatic carbocycles. The summed E-state index contributed by atoms with van der Waals surface area (Å²) in [6.45, 7) is 4.21. The fourth-order valence-corrected chi connectivity index (χ4v) is 7.98. The Labute approximate surface area is 170 Å². The maximum Gasteiger partial charge on any atom is 0.269 e. The van der Waals surface area contributed by atoms with Crippen LogP contribution in [-0.2, 0) is 4.79 Å². The Hall–Kier alpha value is -1.62. The highest BCUT2D eigenvalue weighted by molar-refractivity contribution is 7.14. The van der Waals surface area contributed by atoms with Crippen LogP contribution in [0.3, 0.4) is 0 Å². The average Bonchev–Trinajstić information content (AvgIpc) is 2.98. The molecule has 2 aromatic rings. The monoisotopic (exact) mass is 398 g/mol. The number of nitrogens with zero attached hydrogens (tertiary/aromatic N) is 1. The van der Waals surface area contributed by atoms with Crippen molar-refractivity contribution in [3.63, 3.8) is 0 Å². The van der Waals surface area contributed by atoms with Gasteiger partial charge < -0.3 is 5.32 Å². The highest BCUT2D eigenvalue weighted by atomic mass is 32.1. The van der Waals surface area contributed by atoms with E-state index in [1.807, 2.05) is 31.2 Å². The lowest BCUT2D eigenvalue weighted by atomic mass is 9.48. The topological polar surface area (TPSA) is 51.1 Å². The molecular formula is C23H30N2O2S. The molecule has 0 saturated heterocycles. The molecule has 1 N–H and O–H groups in total. The Kier molecular flexibility index (Phi) is 4.42. The Morgan fingerprint density at radius 2 is 1.79 bits per heavy atom. The first-order valence-corrected chi connectivity index (χ1v) is 11.7. The molecule has 4 aliphatic rings. The van der Waals surface area contributed by atoms with Crippen molar-refractivity contribution in [3.05, 3.63) is 34.6 Å². The number of fused-ring (bicyclic) bond motifs is 1. The first-order chi connectivity index (χ1) is 13.5. The number of nitrogens with one attached hydrogen (secondary N) is 1. The molecule has 1 amide bonds. The number of benzene rings is 1. The van der Waals surface area contributed by atoms with Gasteiger partial charge in [0.25, 0.3) is 5.56 Å². The summed E-state index contributed by atoms with van der Waals surface area (Å²) >= 11 is 1.41. The first-order valence-electron chi connectivity index (χ1n) is 10.9. The van der Waals surface area contributed by atoms with E-state index in [9.17, 15) is 9.59 Å². The van der Waals surface area contributed by atoms with Crippen LogP contribution in [0.25, 0.3) is 10.1 Å². The van der Waals surface area contributed by atoms with Crippen LogP contribution in [0.15, 0.2) is 29.1 Å². The maximum absolute atomic E-state index is 13.2. The Morgan fingerprint density at radius 1 is 1.18 bits per heavy atom. The van der Waals surface area contributed by atoms with Gasteiger partial charge >= 0.3 is 0 Å². The molecule has 4 saturated carbocycles. The standard InChI is InChI=1S/C23H30N2O2S/c1-3-19(25-22(27)18-6-4-5-7-20(18)28-25)21(26)24-14(2)23-11-15-8-16(12-23)10-17(9-15)13-23/h4-7,14-17,19H,3,8-13H2,1-2H3,(H,24,26). The van der Waals surface area contributed by atoms with Gasteiger partial charge in [0.15, 0.2) is 0 Å². The highest BCUT2D eigenvalue weighted by Gasteiger charge is 2.53. The van der Waals surface area contributed by atoms with Gasteiger partial charge in [0.1, 0.15) is 6.04 Å². The van der Waals surface area contributed by atoms with E-state index in [0.29, 0.717) is 11.8 Å². The van der Waals surface area contributed by atoms with Crippen LogP contribution >= 0.6 is 11.5 Å². The largest absolute Gasteiger partial charge is 0.351 e. The normalized spacial score (nSPS) is 33.1. The molecule has 0 aliphatic heterocycles. The third-order valence-corrected chi connectivity index (χ3v) is 9.02. The number of hydrogen-bond acceptors (Lipinski definition) is 3. The summed E-state index contributed by atoms with van der Waals surface area (Å²) < 4.78 is 2.64. The molecule has 2 unspecified atom stereocenters. The SMILES string of the molecule is CCC(C(=O)NC(C)C12CC3CC(CC(C3)C1)C2)n1sc2ccccc2c1=O. The number of carbonyl (C=O) groups is 1. The maximum atomic E-state index is 13.2. The molecule has 28 heavy (non-hydrogen) atoms. The van der Waals surface area contributed by atoms with Gasteiger partial charge in [-0.05, 0) is 87.2 Å². The predicted octanol–water partition coefficient (Wildman–Crippen LogP) is 4.74. The van der Waals surface area contributed by atoms with Crippen LogP contribution in [-0.4, -0.2) is 15.9 Å². The number of rotatable bonds is 5. The van der Waals surface area contributed by atoms with E-state index in [1.54, 1.807) is 3.96 Å². The molecule has 0 radical (unpaired) electrons. The zero-order chi connectivity index (χ0) is 19.5. The molecule has 6 rings (SSSR count). The van der Waals surface area contributed by atoms with Crippen molar-refractivity contribution in [1.29, 1.82) is 0 Å². The minimum Gasteiger partial charge on any atom is -0.351 e. The van der Waals surface area contributed by atoms with E-state index < -0.39 is 6.04 Å². The molecule has 4 aliphatic carbocycles. The van der Waals surface area contributed by atoms with Gasteiger partial charge in [-0.3, -0.25) is 13.5 Å².